The zero-order valence-electron chi connectivity index (χ0n) is 10.6. The van der Waals surface area contributed by atoms with Crippen molar-refractivity contribution in [2.24, 2.45) is 11.7 Å². The van der Waals surface area contributed by atoms with Crippen LogP contribution in [0.4, 0.5) is 0 Å². The molecular weight excluding hydrogens is 248 g/mol. The molecule has 1 saturated heterocycles. The van der Waals surface area contributed by atoms with Gasteiger partial charge in [-0.15, -0.1) is 0 Å². The van der Waals surface area contributed by atoms with Gasteiger partial charge in [0.05, 0.1) is 0 Å². The molecule has 1 heterocycles. The summed E-state index contributed by atoms with van der Waals surface area (Å²) in [6.45, 7) is 2.90. The lowest BCUT2D eigenvalue weighted by atomic mass is 9.95. The fraction of sp³-hybridized carbons (Fsp3) is 0.571. The van der Waals surface area contributed by atoms with E-state index in [9.17, 15) is 0 Å². The lowest BCUT2D eigenvalue weighted by Crippen LogP contribution is -2.40. The Morgan fingerprint density at radius 1 is 1.39 bits per heavy atom. The molecule has 0 spiro atoms. The molecule has 1 aliphatic heterocycles. The summed E-state index contributed by atoms with van der Waals surface area (Å²) in [7, 11) is 0. The minimum atomic E-state index is 0.239. The van der Waals surface area contributed by atoms with Gasteiger partial charge in [-0.05, 0) is 49.5 Å². The number of piperidine rings is 1. The van der Waals surface area contributed by atoms with E-state index in [4.69, 9.17) is 22.4 Å². The smallest absolute Gasteiger partial charge is 0.0470 e. The molecule has 100 valence electrons. The van der Waals surface area contributed by atoms with Crippen molar-refractivity contribution in [2.45, 2.75) is 18.9 Å². The van der Waals surface area contributed by atoms with E-state index in [2.05, 4.69) is 11.0 Å². The fourth-order valence-corrected chi connectivity index (χ4v) is 2.86. The second kappa shape index (κ2) is 6.53. The van der Waals surface area contributed by atoms with Gasteiger partial charge in [-0.25, -0.2) is 0 Å². The second-order valence-electron chi connectivity index (χ2n) is 4.97. The molecule has 1 aromatic rings. The van der Waals surface area contributed by atoms with Crippen LogP contribution < -0.4 is 5.73 Å². The van der Waals surface area contributed by atoms with Crippen molar-refractivity contribution < 1.29 is 5.11 Å². The van der Waals surface area contributed by atoms with E-state index in [1.54, 1.807) is 0 Å². The maximum Gasteiger partial charge on any atom is 0.0470 e. The first-order chi connectivity index (χ1) is 8.74. The molecule has 18 heavy (non-hydrogen) atoms. The highest BCUT2D eigenvalue weighted by Gasteiger charge is 2.24. The van der Waals surface area contributed by atoms with E-state index in [-0.39, 0.29) is 6.04 Å². The molecule has 2 rings (SSSR count). The molecule has 1 unspecified atom stereocenters. The van der Waals surface area contributed by atoms with Gasteiger partial charge in [0.1, 0.15) is 0 Å². The average Bonchev–Trinajstić information content (AvgIpc) is 2.40. The highest BCUT2D eigenvalue weighted by Crippen LogP contribution is 2.27. The lowest BCUT2D eigenvalue weighted by Gasteiger charge is -2.37. The van der Waals surface area contributed by atoms with Crippen molar-refractivity contribution in [3.63, 3.8) is 0 Å². The topological polar surface area (TPSA) is 49.5 Å². The number of aliphatic hydroxyl groups excluding tert-OH is 1. The molecule has 3 N–H and O–H groups in total. The molecule has 0 aliphatic carbocycles. The number of halogens is 1. The Bertz CT molecular complexity index is 378. The predicted octanol–water partition coefficient (Wildman–Crippen LogP) is 2.04. The largest absolute Gasteiger partial charge is 0.396 e. The van der Waals surface area contributed by atoms with Gasteiger partial charge >= 0.3 is 0 Å². The SMILES string of the molecule is NCC(c1cccc(Cl)c1)N1CCC(CO)CC1. The average molecular weight is 269 g/mol. The standard InChI is InChI=1S/C14H21ClN2O/c15-13-3-1-2-12(8-13)14(9-16)17-6-4-11(10-18)5-7-17/h1-3,8,11,14,18H,4-7,9-10,16H2. The third-order valence-electron chi connectivity index (χ3n) is 3.80. The van der Waals surface area contributed by atoms with Crippen LogP contribution in [-0.2, 0) is 0 Å². The van der Waals surface area contributed by atoms with Crippen molar-refractivity contribution in [1.29, 1.82) is 0 Å². The number of nitrogens with two attached hydrogens (primary N) is 1. The van der Waals surface area contributed by atoms with E-state index in [1.165, 1.54) is 5.56 Å². The Morgan fingerprint density at radius 2 is 2.11 bits per heavy atom. The van der Waals surface area contributed by atoms with E-state index < -0.39 is 0 Å². The Balaban J connectivity index is 2.05. The van der Waals surface area contributed by atoms with Crippen molar-refractivity contribution in [1.82, 2.24) is 4.90 Å². The van der Waals surface area contributed by atoms with Gasteiger partial charge in [0, 0.05) is 24.2 Å². The molecule has 1 atom stereocenters. The predicted molar refractivity (Wildman–Crippen MR) is 74.6 cm³/mol. The Morgan fingerprint density at radius 3 is 2.67 bits per heavy atom. The van der Waals surface area contributed by atoms with Crippen molar-refractivity contribution in [2.75, 3.05) is 26.2 Å². The summed E-state index contributed by atoms with van der Waals surface area (Å²) in [5.41, 5.74) is 7.11. The molecule has 1 aliphatic rings. The molecule has 3 nitrogen and oxygen atoms in total. The van der Waals surface area contributed by atoms with Crippen LogP contribution in [0.5, 0.6) is 0 Å². The first kappa shape index (κ1) is 13.8. The summed E-state index contributed by atoms with van der Waals surface area (Å²) in [6, 6.07) is 8.18. The van der Waals surface area contributed by atoms with Crippen molar-refractivity contribution >= 4 is 11.6 Å². The summed E-state index contributed by atoms with van der Waals surface area (Å²) in [5, 5.41) is 9.93. The summed E-state index contributed by atoms with van der Waals surface area (Å²) in [4.78, 5) is 2.40. The van der Waals surface area contributed by atoms with Crippen LogP contribution in [0.2, 0.25) is 5.02 Å². The molecule has 4 heteroatoms. The van der Waals surface area contributed by atoms with Gasteiger partial charge < -0.3 is 10.8 Å². The number of aliphatic hydroxyl groups is 1. The van der Waals surface area contributed by atoms with Crippen LogP contribution in [-0.4, -0.2) is 36.2 Å². The van der Waals surface area contributed by atoms with Gasteiger partial charge in [0.25, 0.3) is 0 Å². The summed E-state index contributed by atoms with van der Waals surface area (Å²) >= 11 is 6.04. The van der Waals surface area contributed by atoms with Crippen LogP contribution in [0.3, 0.4) is 0 Å². The number of nitrogens with zero attached hydrogens (tertiary/aromatic N) is 1. The first-order valence-corrected chi connectivity index (χ1v) is 6.93. The minimum absolute atomic E-state index is 0.239. The summed E-state index contributed by atoms with van der Waals surface area (Å²) < 4.78 is 0. The van der Waals surface area contributed by atoms with E-state index in [0.717, 1.165) is 31.0 Å². The van der Waals surface area contributed by atoms with Gasteiger partial charge in [-0.3, -0.25) is 4.90 Å². The van der Waals surface area contributed by atoms with Crippen molar-refractivity contribution in [3.8, 4) is 0 Å². The minimum Gasteiger partial charge on any atom is -0.396 e. The summed E-state index contributed by atoms with van der Waals surface area (Å²) in [6.07, 6.45) is 2.10. The normalized spacial score (nSPS) is 19.9. The Hall–Kier alpha value is -0.610. The fourth-order valence-electron chi connectivity index (χ4n) is 2.66. The molecule has 0 bridgehead atoms. The summed E-state index contributed by atoms with van der Waals surface area (Å²) in [5.74, 6) is 0.457. The molecule has 1 fully saturated rings. The molecule has 0 aromatic heterocycles. The first-order valence-electron chi connectivity index (χ1n) is 6.55. The third-order valence-corrected chi connectivity index (χ3v) is 4.04. The van der Waals surface area contributed by atoms with Crippen LogP contribution in [0.15, 0.2) is 24.3 Å². The van der Waals surface area contributed by atoms with E-state index in [0.29, 0.717) is 19.1 Å². The molecule has 0 amide bonds. The van der Waals surface area contributed by atoms with Crippen LogP contribution in [0.25, 0.3) is 0 Å². The number of benzene rings is 1. The molecular formula is C14H21ClN2O. The van der Waals surface area contributed by atoms with Gasteiger partial charge in [0.2, 0.25) is 0 Å². The number of likely N-dealkylation sites (tertiary alicyclic amines) is 1. The Kier molecular flexibility index (Phi) is 5.01. The van der Waals surface area contributed by atoms with Gasteiger partial charge in [-0.2, -0.15) is 0 Å². The monoisotopic (exact) mass is 268 g/mol. The number of hydrogen-bond donors (Lipinski definition) is 2. The number of rotatable bonds is 4. The molecule has 1 aromatic carbocycles. The van der Waals surface area contributed by atoms with Gasteiger partial charge in [-0.1, -0.05) is 23.7 Å². The molecule has 0 saturated carbocycles. The van der Waals surface area contributed by atoms with Crippen LogP contribution in [0.1, 0.15) is 24.4 Å². The third kappa shape index (κ3) is 3.23. The zero-order valence-corrected chi connectivity index (χ0v) is 11.3. The van der Waals surface area contributed by atoms with Crippen LogP contribution in [0, 0.1) is 5.92 Å². The maximum absolute atomic E-state index is 9.17. The highest BCUT2D eigenvalue weighted by atomic mass is 35.5. The van der Waals surface area contributed by atoms with Crippen molar-refractivity contribution in [3.05, 3.63) is 34.9 Å². The zero-order chi connectivity index (χ0) is 13.0. The lowest BCUT2D eigenvalue weighted by molar-refractivity contribution is 0.102. The Labute approximate surface area is 114 Å². The molecule has 0 radical (unpaired) electrons. The second-order valence-corrected chi connectivity index (χ2v) is 5.40. The van der Waals surface area contributed by atoms with E-state index in [1.807, 2.05) is 18.2 Å². The number of hydrogen-bond acceptors (Lipinski definition) is 3. The van der Waals surface area contributed by atoms with Gasteiger partial charge in [0.15, 0.2) is 0 Å². The van der Waals surface area contributed by atoms with Crippen LogP contribution >= 0.6 is 11.6 Å². The maximum atomic E-state index is 9.17. The quantitative estimate of drug-likeness (QED) is 0.879. The highest BCUT2D eigenvalue weighted by molar-refractivity contribution is 6.30. The van der Waals surface area contributed by atoms with E-state index >= 15 is 0 Å².